The predicted molar refractivity (Wildman–Crippen MR) is 66.0 cm³/mol. The van der Waals surface area contributed by atoms with E-state index in [2.05, 4.69) is 34.4 Å². The fourth-order valence-electron chi connectivity index (χ4n) is 1.34. The Morgan fingerprint density at radius 3 is 2.93 bits per heavy atom. The average molecular weight is 222 g/mol. The van der Waals surface area contributed by atoms with Gasteiger partial charge in [-0.2, -0.15) is 0 Å². The van der Waals surface area contributed by atoms with Gasteiger partial charge in [0.1, 0.15) is 0 Å². The number of hydrogen-bond acceptors (Lipinski definition) is 3. The number of hydrogen-bond donors (Lipinski definition) is 1. The zero-order valence-electron chi connectivity index (χ0n) is 9.63. The van der Waals surface area contributed by atoms with Crippen molar-refractivity contribution in [3.05, 3.63) is 16.1 Å². The van der Waals surface area contributed by atoms with E-state index in [-0.39, 0.29) is 0 Å². The molecule has 82 valence electrons. The maximum absolute atomic E-state index is 4.51. The summed E-state index contributed by atoms with van der Waals surface area (Å²) in [6, 6.07) is 0.294. The summed E-state index contributed by atoms with van der Waals surface area (Å²) in [5.41, 5.74) is 1.13. The highest BCUT2D eigenvalue weighted by Crippen LogP contribution is 2.18. The van der Waals surface area contributed by atoms with E-state index in [1.807, 2.05) is 13.8 Å². The van der Waals surface area contributed by atoms with Crippen molar-refractivity contribution in [3.63, 3.8) is 0 Å². The second-order valence-electron chi connectivity index (χ2n) is 3.43. The van der Waals surface area contributed by atoms with Crippen LogP contribution < -0.4 is 5.32 Å². The maximum atomic E-state index is 4.51. The molecule has 0 fully saturated rings. The van der Waals surface area contributed by atoms with Crippen LogP contribution in [-0.2, 0) is 0 Å². The minimum absolute atomic E-state index is 0.294. The molecule has 1 rings (SSSR count). The molecule has 0 aliphatic rings. The number of rotatable bonds is 5. The molecule has 3 heteroatoms. The first-order valence-electron chi connectivity index (χ1n) is 5.33. The number of aromatic nitrogens is 1. The lowest BCUT2D eigenvalue weighted by molar-refractivity contribution is 0.532. The van der Waals surface area contributed by atoms with Gasteiger partial charge in [0.25, 0.3) is 0 Å². The molecular weight excluding hydrogens is 204 g/mol. The number of aryl methyl sites for hydroxylation is 1. The highest BCUT2D eigenvalue weighted by molar-refractivity contribution is 7.09. The standard InChI is InChI=1S/C12H18N2S/c1-4-6-7-11(13-8-5-2)12-9-15-10(3)14-12/h9,11,13H,5,7-8H2,1-3H3. The Labute approximate surface area is 96.1 Å². The smallest absolute Gasteiger partial charge is 0.0898 e. The van der Waals surface area contributed by atoms with Crippen molar-refractivity contribution in [1.82, 2.24) is 10.3 Å². The molecule has 2 nitrogen and oxygen atoms in total. The first-order valence-corrected chi connectivity index (χ1v) is 6.21. The topological polar surface area (TPSA) is 24.9 Å². The fourth-order valence-corrected chi connectivity index (χ4v) is 2.01. The molecule has 1 aromatic heterocycles. The summed E-state index contributed by atoms with van der Waals surface area (Å²) < 4.78 is 0. The van der Waals surface area contributed by atoms with E-state index in [9.17, 15) is 0 Å². The van der Waals surface area contributed by atoms with Crippen LogP contribution in [0, 0.1) is 18.8 Å². The van der Waals surface area contributed by atoms with Crippen LogP contribution in [0.25, 0.3) is 0 Å². The monoisotopic (exact) mass is 222 g/mol. The Hall–Kier alpha value is -0.850. The molecule has 0 saturated carbocycles. The minimum Gasteiger partial charge on any atom is -0.308 e. The van der Waals surface area contributed by atoms with Gasteiger partial charge in [-0.1, -0.05) is 6.92 Å². The zero-order chi connectivity index (χ0) is 11.1. The summed E-state index contributed by atoms with van der Waals surface area (Å²) in [7, 11) is 0. The molecule has 0 aliphatic carbocycles. The van der Waals surface area contributed by atoms with E-state index in [0.717, 1.165) is 30.1 Å². The molecule has 0 bridgehead atoms. The van der Waals surface area contributed by atoms with Crippen molar-refractivity contribution in [2.24, 2.45) is 0 Å². The summed E-state index contributed by atoms with van der Waals surface area (Å²) in [4.78, 5) is 4.51. The lowest BCUT2D eigenvalue weighted by atomic mass is 10.1. The van der Waals surface area contributed by atoms with Crippen LogP contribution in [0.4, 0.5) is 0 Å². The summed E-state index contributed by atoms with van der Waals surface area (Å²) >= 11 is 1.70. The first-order chi connectivity index (χ1) is 7.27. The lowest BCUT2D eigenvalue weighted by Gasteiger charge is -2.13. The Bertz CT molecular complexity index is 346. The molecule has 1 atom stereocenters. The van der Waals surface area contributed by atoms with Gasteiger partial charge in [0, 0.05) is 11.8 Å². The third kappa shape index (κ3) is 4.03. The van der Waals surface area contributed by atoms with E-state index >= 15 is 0 Å². The number of thiazole rings is 1. The van der Waals surface area contributed by atoms with Gasteiger partial charge in [0.15, 0.2) is 0 Å². The predicted octanol–water partition coefficient (Wildman–Crippen LogP) is 2.91. The molecule has 0 saturated heterocycles. The van der Waals surface area contributed by atoms with Crippen LogP contribution in [0.3, 0.4) is 0 Å². The zero-order valence-corrected chi connectivity index (χ0v) is 10.4. The third-order valence-electron chi connectivity index (χ3n) is 2.12. The van der Waals surface area contributed by atoms with Gasteiger partial charge < -0.3 is 5.32 Å². The number of nitrogens with one attached hydrogen (secondary N) is 1. The van der Waals surface area contributed by atoms with Crippen molar-refractivity contribution in [2.45, 2.75) is 39.7 Å². The van der Waals surface area contributed by atoms with E-state index in [4.69, 9.17) is 0 Å². The van der Waals surface area contributed by atoms with Crippen LogP contribution in [0.2, 0.25) is 0 Å². The summed E-state index contributed by atoms with van der Waals surface area (Å²) in [5.74, 6) is 6.05. The van der Waals surface area contributed by atoms with E-state index < -0.39 is 0 Å². The Balaban J connectivity index is 2.65. The lowest BCUT2D eigenvalue weighted by Crippen LogP contribution is -2.22. The second-order valence-corrected chi connectivity index (χ2v) is 4.49. The van der Waals surface area contributed by atoms with E-state index in [1.54, 1.807) is 11.3 Å². The molecule has 0 aliphatic heterocycles. The SMILES string of the molecule is CC#CCC(NCCC)c1csc(C)n1. The van der Waals surface area contributed by atoms with E-state index in [1.165, 1.54) is 0 Å². The van der Waals surface area contributed by atoms with Crippen LogP contribution in [-0.4, -0.2) is 11.5 Å². The van der Waals surface area contributed by atoms with Gasteiger partial charge in [-0.15, -0.1) is 23.2 Å². The Kier molecular flexibility index (Phi) is 5.38. The molecule has 1 N–H and O–H groups in total. The summed E-state index contributed by atoms with van der Waals surface area (Å²) in [6.07, 6.45) is 1.98. The van der Waals surface area contributed by atoms with Gasteiger partial charge in [-0.25, -0.2) is 4.98 Å². The van der Waals surface area contributed by atoms with Crippen molar-refractivity contribution in [2.75, 3.05) is 6.54 Å². The Morgan fingerprint density at radius 1 is 1.60 bits per heavy atom. The second kappa shape index (κ2) is 6.60. The van der Waals surface area contributed by atoms with Crippen molar-refractivity contribution in [1.29, 1.82) is 0 Å². The average Bonchev–Trinajstić information content (AvgIpc) is 2.65. The van der Waals surface area contributed by atoms with Gasteiger partial charge in [-0.3, -0.25) is 0 Å². The number of nitrogens with zero attached hydrogens (tertiary/aromatic N) is 1. The van der Waals surface area contributed by atoms with Crippen molar-refractivity contribution < 1.29 is 0 Å². The molecule has 0 spiro atoms. The molecule has 0 aromatic carbocycles. The van der Waals surface area contributed by atoms with Gasteiger partial charge in [0.2, 0.25) is 0 Å². The molecular formula is C12H18N2S. The molecule has 15 heavy (non-hydrogen) atoms. The molecule has 1 unspecified atom stereocenters. The van der Waals surface area contributed by atoms with E-state index in [0.29, 0.717) is 6.04 Å². The third-order valence-corrected chi connectivity index (χ3v) is 2.91. The van der Waals surface area contributed by atoms with Gasteiger partial charge >= 0.3 is 0 Å². The van der Waals surface area contributed by atoms with Crippen molar-refractivity contribution in [3.8, 4) is 11.8 Å². The van der Waals surface area contributed by atoms with Gasteiger partial charge in [0.05, 0.1) is 16.7 Å². The molecule has 1 heterocycles. The first kappa shape index (κ1) is 12.2. The molecule has 1 aromatic rings. The van der Waals surface area contributed by atoms with Crippen molar-refractivity contribution >= 4 is 11.3 Å². The van der Waals surface area contributed by atoms with Crippen LogP contribution in [0.5, 0.6) is 0 Å². The summed E-state index contributed by atoms with van der Waals surface area (Å²) in [6.45, 7) is 7.11. The normalized spacial score (nSPS) is 11.9. The van der Waals surface area contributed by atoms with Crippen LogP contribution >= 0.6 is 11.3 Å². The molecule has 0 amide bonds. The molecule has 0 radical (unpaired) electrons. The quantitative estimate of drug-likeness (QED) is 0.775. The Morgan fingerprint density at radius 2 is 2.40 bits per heavy atom. The largest absolute Gasteiger partial charge is 0.308 e. The maximum Gasteiger partial charge on any atom is 0.0898 e. The fraction of sp³-hybridized carbons (Fsp3) is 0.583. The van der Waals surface area contributed by atoms with Crippen LogP contribution in [0.15, 0.2) is 5.38 Å². The minimum atomic E-state index is 0.294. The highest BCUT2D eigenvalue weighted by atomic mass is 32.1. The highest BCUT2D eigenvalue weighted by Gasteiger charge is 2.11. The van der Waals surface area contributed by atoms with Crippen LogP contribution in [0.1, 0.15) is 43.4 Å². The van der Waals surface area contributed by atoms with Gasteiger partial charge in [-0.05, 0) is 26.8 Å². The summed E-state index contributed by atoms with van der Waals surface area (Å²) in [5, 5.41) is 6.72.